The molecule has 3 fully saturated rings. The zero-order valence-corrected chi connectivity index (χ0v) is 12.0. The summed E-state index contributed by atoms with van der Waals surface area (Å²) in [4.78, 5) is 10.3. The second-order valence-electron chi connectivity index (χ2n) is 5.41. The van der Waals surface area contributed by atoms with Gasteiger partial charge in [-0.1, -0.05) is 23.2 Å². The van der Waals surface area contributed by atoms with Crippen LogP contribution < -0.4 is 0 Å². The van der Waals surface area contributed by atoms with Crippen LogP contribution in [0.15, 0.2) is 22.2 Å². The maximum atomic E-state index is 11.3. The number of epoxide rings is 1. The van der Waals surface area contributed by atoms with Gasteiger partial charge in [0.2, 0.25) is 0 Å². The summed E-state index contributed by atoms with van der Waals surface area (Å²) < 4.78 is 5.94. The molecule has 0 aromatic rings. The molecule has 2 bridgehead atoms. The average Bonchev–Trinajstić information content (AvgIpc) is 2.79. The lowest BCUT2D eigenvalue weighted by molar-refractivity contribution is -0.111. The van der Waals surface area contributed by atoms with E-state index in [2.05, 4.69) is 0 Å². The molecular formula is C12H8Cl4O2. The van der Waals surface area contributed by atoms with Crippen LogP contribution >= 0.6 is 46.4 Å². The summed E-state index contributed by atoms with van der Waals surface area (Å²) in [6.45, 7) is 0. The summed E-state index contributed by atoms with van der Waals surface area (Å²) in [5.41, 5.74) is -1.08. The van der Waals surface area contributed by atoms with Gasteiger partial charge in [-0.3, -0.25) is 0 Å². The van der Waals surface area contributed by atoms with Crippen LogP contribution in [-0.4, -0.2) is 27.7 Å². The van der Waals surface area contributed by atoms with E-state index in [1.54, 1.807) is 6.08 Å². The Bertz CT molecular complexity index is 544. The van der Waals surface area contributed by atoms with Crippen LogP contribution in [0.3, 0.4) is 0 Å². The first-order valence-electron chi connectivity index (χ1n) is 5.68. The Morgan fingerprint density at radius 1 is 1.28 bits per heavy atom. The minimum atomic E-state index is -1.07. The Kier molecular flexibility index (Phi) is 2.09. The van der Waals surface area contributed by atoms with Crippen molar-refractivity contribution in [3.63, 3.8) is 0 Å². The molecule has 96 valence electrons. The van der Waals surface area contributed by atoms with Gasteiger partial charge in [0.15, 0.2) is 0 Å². The zero-order valence-electron chi connectivity index (χ0n) is 9.00. The maximum absolute atomic E-state index is 11.3. The first-order valence-corrected chi connectivity index (χ1v) is 7.25. The van der Waals surface area contributed by atoms with E-state index in [-0.39, 0.29) is 11.8 Å². The molecule has 0 aromatic carbocycles. The molecule has 4 rings (SSSR count). The van der Waals surface area contributed by atoms with Crippen molar-refractivity contribution in [3.05, 3.63) is 22.2 Å². The number of carbonyl (C=O) groups excluding carboxylic acids is 1. The van der Waals surface area contributed by atoms with E-state index in [1.165, 1.54) is 0 Å². The molecule has 0 radical (unpaired) electrons. The van der Waals surface area contributed by atoms with Crippen molar-refractivity contribution >= 4 is 52.7 Å². The van der Waals surface area contributed by atoms with Gasteiger partial charge < -0.3 is 9.53 Å². The van der Waals surface area contributed by atoms with Crippen molar-refractivity contribution in [3.8, 4) is 0 Å². The van der Waals surface area contributed by atoms with Gasteiger partial charge in [-0.15, -0.1) is 23.2 Å². The van der Waals surface area contributed by atoms with Crippen molar-refractivity contribution in [1.82, 2.24) is 0 Å². The number of ether oxygens (including phenoxy) is 1. The lowest BCUT2D eigenvalue weighted by Crippen LogP contribution is -2.52. The number of aldehydes is 1. The van der Waals surface area contributed by atoms with E-state index in [0.29, 0.717) is 10.1 Å². The molecule has 6 unspecified atom stereocenters. The Morgan fingerprint density at radius 3 is 2.50 bits per heavy atom. The molecule has 2 saturated carbocycles. The fraction of sp³-hybridized carbons (Fsp3) is 0.583. The van der Waals surface area contributed by atoms with Crippen LogP contribution in [-0.2, 0) is 9.53 Å². The molecular weight excluding hydrogens is 318 g/mol. The van der Waals surface area contributed by atoms with Crippen LogP contribution in [0.25, 0.3) is 0 Å². The Labute approximate surface area is 124 Å². The third-order valence-electron chi connectivity index (χ3n) is 4.87. The topological polar surface area (TPSA) is 29.6 Å². The van der Waals surface area contributed by atoms with Gasteiger partial charge in [-0.25, -0.2) is 0 Å². The van der Waals surface area contributed by atoms with E-state index < -0.39 is 21.5 Å². The summed E-state index contributed by atoms with van der Waals surface area (Å²) in [6, 6.07) is 0. The lowest BCUT2D eigenvalue weighted by Gasteiger charge is -2.36. The van der Waals surface area contributed by atoms with Crippen LogP contribution in [0, 0.1) is 11.8 Å². The van der Waals surface area contributed by atoms with Gasteiger partial charge in [-0.2, -0.15) is 0 Å². The highest BCUT2D eigenvalue weighted by Crippen LogP contribution is 2.78. The third kappa shape index (κ3) is 0.978. The standard InChI is InChI=1S/C12H8Cl4O2/c13-6-2-11-5-1-8(10(16,4-17)9(5)15)12(11,18-11)3-7(6)14/h2-5,8-9H,1H2. The van der Waals surface area contributed by atoms with E-state index in [9.17, 15) is 4.79 Å². The number of rotatable bonds is 1. The number of hydrogen-bond acceptors (Lipinski definition) is 2. The van der Waals surface area contributed by atoms with Gasteiger partial charge in [0, 0.05) is 11.8 Å². The molecule has 0 aromatic heterocycles. The van der Waals surface area contributed by atoms with E-state index >= 15 is 0 Å². The van der Waals surface area contributed by atoms with Crippen LogP contribution in [0.4, 0.5) is 0 Å². The first-order chi connectivity index (χ1) is 8.41. The molecule has 18 heavy (non-hydrogen) atoms. The molecule has 3 aliphatic carbocycles. The number of carbonyl (C=O) groups is 1. The fourth-order valence-electron chi connectivity index (χ4n) is 4.07. The average molecular weight is 326 g/mol. The third-order valence-corrected chi connectivity index (χ3v) is 6.95. The van der Waals surface area contributed by atoms with Crippen molar-refractivity contribution in [2.75, 3.05) is 0 Å². The number of fused-ring (bicyclic) bond motifs is 2. The van der Waals surface area contributed by atoms with Gasteiger partial charge in [-0.05, 0) is 18.6 Å². The quantitative estimate of drug-likeness (QED) is 0.421. The van der Waals surface area contributed by atoms with E-state index in [1.807, 2.05) is 6.08 Å². The second kappa shape index (κ2) is 3.12. The number of halogens is 4. The van der Waals surface area contributed by atoms with Gasteiger partial charge in [0.25, 0.3) is 0 Å². The molecule has 0 N–H and O–H groups in total. The smallest absolute Gasteiger partial charge is 0.142 e. The van der Waals surface area contributed by atoms with Crippen molar-refractivity contribution in [1.29, 1.82) is 0 Å². The first kappa shape index (κ1) is 12.0. The zero-order chi connectivity index (χ0) is 12.9. The monoisotopic (exact) mass is 324 g/mol. The molecule has 4 aliphatic rings. The van der Waals surface area contributed by atoms with Crippen LogP contribution in [0.1, 0.15) is 6.42 Å². The minimum Gasteiger partial charge on any atom is -0.353 e. The molecule has 1 saturated heterocycles. The molecule has 6 heteroatoms. The van der Waals surface area contributed by atoms with Crippen LogP contribution in [0.2, 0.25) is 0 Å². The summed E-state index contributed by atoms with van der Waals surface area (Å²) in [6.07, 6.45) is 5.14. The minimum absolute atomic E-state index is 0.00151. The largest absolute Gasteiger partial charge is 0.353 e. The second-order valence-corrected chi connectivity index (χ2v) is 7.35. The van der Waals surface area contributed by atoms with E-state index in [4.69, 9.17) is 51.1 Å². The Balaban J connectivity index is 1.90. The number of alkyl halides is 2. The normalized spacial score (nSPS) is 59.7. The maximum Gasteiger partial charge on any atom is 0.142 e. The van der Waals surface area contributed by atoms with Gasteiger partial charge >= 0.3 is 0 Å². The summed E-state index contributed by atoms with van der Waals surface area (Å²) in [5.74, 6) is -0.145. The molecule has 1 aliphatic heterocycles. The van der Waals surface area contributed by atoms with Gasteiger partial charge in [0.1, 0.15) is 22.4 Å². The highest BCUT2D eigenvalue weighted by molar-refractivity contribution is 6.44. The Hall–Kier alpha value is 0.270. The summed E-state index contributed by atoms with van der Waals surface area (Å²) >= 11 is 24.9. The van der Waals surface area contributed by atoms with Crippen molar-refractivity contribution in [2.24, 2.45) is 11.8 Å². The fourth-order valence-corrected chi connectivity index (χ4v) is 5.40. The number of hydrogen-bond donors (Lipinski definition) is 0. The van der Waals surface area contributed by atoms with Gasteiger partial charge in [0.05, 0.1) is 15.4 Å². The van der Waals surface area contributed by atoms with Crippen LogP contribution in [0.5, 0.6) is 0 Å². The highest BCUT2D eigenvalue weighted by atomic mass is 35.5. The van der Waals surface area contributed by atoms with Crippen molar-refractivity contribution < 1.29 is 9.53 Å². The SMILES string of the molecule is O=CC1(Cl)C(Cl)C2CC1C13C=C(Cl)C(Cl)=CC21O3. The summed E-state index contributed by atoms with van der Waals surface area (Å²) in [7, 11) is 0. The predicted molar refractivity (Wildman–Crippen MR) is 70.3 cm³/mol. The van der Waals surface area contributed by atoms with E-state index in [0.717, 1.165) is 12.7 Å². The summed E-state index contributed by atoms with van der Waals surface area (Å²) in [5, 5.41) is 0.490. The highest BCUT2D eigenvalue weighted by Gasteiger charge is 2.88. The molecule has 1 heterocycles. The lowest BCUT2D eigenvalue weighted by atomic mass is 9.72. The molecule has 6 atom stereocenters. The molecule has 0 spiro atoms. The predicted octanol–water partition coefficient (Wildman–Crippen LogP) is 3.19. The van der Waals surface area contributed by atoms with Crippen molar-refractivity contribution in [2.45, 2.75) is 27.9 Å². The molecule has 2 nitrogen and oxygen atoms in total. The number of allylic oxidation sites excluding steroid dienone is 2. The Morgan fingerprint density at radius 2 is 1.89 bits per heavy atom. The molecule has 0 amide bonds.